The van der Waals surface area contributed by atoms with Crippen molar-refractivity contribution in [3.63, 3.8) is 0 Å². The van der Waals surface area contributed by atoms with Crippen molar-refractivity contribution in [3.8, 4) is 0 Å². The molecule has 1 aliphatic heterocycles. The maximum Gasteiger partial charge on any atom is 0.146 e. The second-order valence-electron chi connectivity index (χ2n) is 5.92. The van der Waals surface area contributed by atoms with Crippen LogP contribution in [0.4, 0.5) is 10.1 Å². The number of hydrogen-bond acceptors (Lipinski definition) is 3. The first-order chi connectivity index (χ1) is 9.22. The number of halogens is 1. The third-order valence-electron chi connectivity index (χ3n) is 4.51. The molecule has 1 aromatic rings. The molecule has 0 unspecified atom stereocenters. The van der Waals surface area contributed by atoms with Crippen molar-refractivity contribution < 1.29 is 4.39 Å². The lowest BCUT2D eigenvalue weighted by Gasteiger charge is -2.37. The number of para-hydroxylation sites is 1. The number of nitrogens with zero attached hydrogens (tertiary/aromatic N) is 2. The van der Waals surface area contributed by atoms with E-state index >= 15 is 0 Å². The fourth-order valence-corrected chi connectivity index (χ4v) is 2.93. The number of hydrogen-bond donors (Lipinski definition) is 1. The molecule has 1 aromatic carbocycles. The highest BCUT2D eigenvalue weighted by Crippen LogP contribution is 2.45. The Bertz CT molecular complexity index is 437. The molecule has 2 aliphatic rings. The van der Waals surface area contributed by atoms with E-state index in [0.717, 1.165) is 45.0 Å². The minimum Gasteiger partial charge on any atom is -0.367 e. The highest BCUT2D eigenvalue weighted by Gasteiger charge is 2.42. The number of anilines is 1. The molecular weight excluding hydrogens is 241 g/mol. The van der Waals surface area contributed by atoms with Crippen LogP contribution in [0, 0.1) is 11.2 Å². The second-order valence-corrected chi connectivity index (χ2v) is 5.92. The fraction of sp³-hybridized carbons (Fsp3) is 0.600. The van der Waals surface area contributed by atoms with E-state index in [1.165, 1.54) is 18.9 Å². The van der Waals surface area contributed by atoms with Crippen LogP contribution >= 0.6 is 0 Å². The van der Waals surface area contributed by atoms with E-state index in [4.69, 9.17) is 5.73 Å². The molecule has 0 atom stereocenters. The van der Waals surface area contributed by atoms with Crippen molar-refractivity contribution in [2.75, 3.05) is 44.2 Å². The van der Waals surface area contributed by atoms with Gasteiger partial charge in [-0.1, -0.05) is 12.1 Å². The number of nitrogens with two attached hydrogens (primary N) is 1. The first-order valence-electron chi connectivity index (χ1n) is 7.14. The highest BCUT2D eigenvalue weighted by atomic mass is 19.1. The fourth-order valence-electron chi connectivity index (χ4n) is 2.93. The lowest BCUT2D eigenvalue weighted by molar-refractivity contribution is 0.210. The molecule has 2 fully saturated rings. The Morgan fingerprint density at radius 1 is 1.11 bits per heavy atom. The molecule has 0 bridgehead atoms. The SMILES string of the molecule is NCC1(CN2CCN(c3ccccc3F)CC2)CC1. The Kier molecular flexibility index (Phi) is 3.46. The highest BCUT2D eigenvalue weighted by molar-refractivity contribution is 5.47. The van der Waals surface area contributed by atoms with Crippen LogP contribution in [0.3, 0.4) is 0 Å². The summed E-state index contributed by atoms with van der Waals surface area (Å²) in [6, 6.07) is 7.05. The topological polar surface area (TPSA) is 32.5 Å². The molecular formula is C15H22FN3. The van der Waals surface area contributed by atoms with Crippen molar-refractivity contribution in [2.45, 2.75) is 12.8 Å². The monoisotopic (exact) mass is 263 g/mol. The molecule has 0 amide bonds. The summed E-state index contributed by atoms with van der Waals surface area (Å²) in [4.78, 5) is 4.63. The molecule has 1 saturated carbocycles. The van der Waals surface area contributed by atoms with Crippen LogP contribution in [-0.4, -0.2) is 44.2 Å². The van der Waals surface area contributed by atoms with Crippen LogP contribution in [0.15, 0.2) is 24.3 Å². The molecule has 3 rings (SSSR count). The van der Waals surface area contributed by atoms with Crippen LogP contribution in [0.2, 0.25) is 0 Å². The molecule has 0 aromatic heterocycles. The summed E-state index contributed by atoms with van der Waals surface area (Å²) in [6.07, 6.45) is 2.55. The van der Waals surface area contributed by atoms with Gasteiger partial charge in [0.2, 0.25) is 0 Å². The van der Waals surface area contributed by atoms with E-state index in [1.807, 2.05) is 12.1 Å². The summed E-state index contributed by atoms with van der Waals surface area (Å²) in [5.41, 5.74) is 6.98. The van der Waals surface area contributed by atoms with Gasteiger partial charge in [0, 0.05) is 32.7 Å². The van der Waals surface area contributed by atoms with Gasteiger partial charge in [-0.05, 0) is 36.9 Å². The number of rotatable bonds is 4. The van der Waals surface area contributed by atoms with Crippen LogP contribution in [-0.2, 0) is 0 Å². The van der Waals surface area contributed by atoms with Crippen LogP contribution in [0.5, 0.6) is 0 Å². The first-order valence-corrected chi connectivity index (χ1v) is 7.14. The van der Waals surface area contributed by atoms with E-state index in [9.17, 15) is 4.39 Å². The Labute approximate surface area is 114 Å². The van der Waals surface area contributed by atoms with Gasteiger partial charge < -0.3 is 10.6 Å². The summed E-state index contributed by atoms with van der Waals surface area (Å²) in [6.45, 7) is 5.75. The maximum absolute atomic E-state index is 13.7. The van der Waals surface area contributed by atoms with Gasteiger partial charge in [0.1, 0.15) is 5.82 Å². The largest absolute Gasteiger partial charge is 0.367 e. The van der Waals surface area contributed by atoms with Gasteiger partial charge in [0.05, 0.1) is 5.69 Å². The van der Waals surface area contributed by atoms with E-state index < -0.39 is 0 Å². The van der Waals surface area contributed by atoms with Crippen LogP contribution in [0.25, 0.3) is 0 Å². The molecule has 4 heteroatoms. The average Bonchev–Trinajstić information content (AvgIpc) is 3.21. The molecule has 1 saturated heterocycles. The summed E-state index contributed by atoms with van der Waals surface area (Å²) < 4.78 is 13.7. The Balaban J connectivity index is 1.56. The molecule has 3 nitrogen and oxygen atoms in total. The zero-order valence-electron chi connectivity index (χ0n) is 11.3. The van der Waals surface area contributed by atoms with Gasteiger partial charge in [-0.25, -0.2) is 4.39 Å². The second kappa shape index (κ2) is 5.10. The molecule has 0 spiro atoms. The van der Waals surface area contributed by atoms with Gasteiger partial charge in [-0.15, -0.1) is 0 Å². The van der Waals surface area contributed by atoms with E-state index in [1.54, 1.807) is 6.07 Å². The van der Waals surface area contributed by atoms with Gasteiger partial charge in [0.25, 0.3) is 0 Å². The summed E-state index contributed by atoms with van der Waals surface area (Å²) in [5.74, 6) is -0.114. The summed E-state index contributed by atoms with van der Waals surface area (Å²) in [5, 5.41) is 0. The van der Waals surface area contributed by atoms with Crippen molar-refractivity contribution in [2.24, 2.45) is 11.1 Å². The molecule has 2 N–H and O–H groups in total. The zero-order valence-corrected chi connectivity index (χ0v) is 11.3. The Hall–Kier alpha value is -1.13. The predicted molar refractivity (Wildman–Crippen MR) is 75.8 cm³/mol. The third kappa shape index (κ3) is 2.74. The maximum atomic E-state index is 13.7. The lowest BCUT2D eigenvalue weighted by Crippen LogP contribution is -2.49. The van der Waals surface area contributed by atoms with E-state index in [0.29, 0.717) is 5.41 Å². The number of benzene rings is 1. The Morgan fingerprint density at radius 2 is 1.79 bits per heavy atom. The predicted octanol–water partition coefficient (Wildman–Crippen LogP) is 1.69. The van der Waals surface area contributed by atoms with Crippen molar-refractivity contribution in [3.05, 3.63) is 30.1 Å². The van der Waals surface area contributed by atoms with E-state index in [-0.39, 0.29) is 5.82 Å². The summed E-state index contributed by atoms with van der Waals surface area (Å²) >= 11 is 0. The van der Waals surface area contributed by atoms with Crippen LogP contribution < -0.4 is 10.6 Å². The molecule has 1 aliphatic carbocycles. The van der Waals surface area contributed by atoms with Gasteiger partial charge in [-0.3, -0.25) is 4.90 Å². The van der Waals surface area contributed by atoms with Gasteiger partial charge in [0.15, 0.2) is 0 Å². The standard InChI is InChI=1S/C15H22FN3/c16-13-3-1-2-4-14(13)19-9-7-18(8-10-19)12-15(11-17)5-6-15/h1-4H,5-12,17H2. The van der Waals surface area contributed by atoms with Gasteiger partial charge in [-0.2, -0.15) is 0 Å². The average molecular weight is 263 g/mol. The van der Waals surface area contributed by atoms with Crippen molar-refractivity contribution >= 4 is 5.69 Å². The van der Waals surface area contributed by atoms with Gasteiger partial charge >= 0.3 is 0 Å². The molecule has 104 valence electrons. The third-order valence-corrected chi connectivity index (χ3v) is 4.51. The lowest BCUT2D eigenvalue weighted by atomic mass is 10.1. The minimum atomic E-state index is -0.114. The molecule has 19 heavy (non-hydrogen) atoms. The van der Waals surface area contributed by atoms with Crippen molar-refractivity contribution in [1.82, 2.24) is 4.90 Å². The van der Waals surface area contributed by atoms with Crippen LogP contribution in [0.1, 0.15) is 12.8 Å². The van der Waals surface area contributed by atoms with Crippen molar-refractivity contribution in [1.29, 1.82) is 0 Å². The normalized spacial score (nSPS) is 22.5. The first kappa shape index (κ1) is 12.9. The minimum absolute atomic E-state index is 0.114. The zero-order chi connectivity index (χ0) is 13.3. The smallest absolute Gasteiger partial charge is 0.146 e. The molecule has 1 heterocycles. The number of piperazine rings is 1. The summed E-state index contributed by atoms with van der Waals surface area (Å²) in [7, 11) is 0. The van der Waals surface area contributed by atoms with E-state index in [2.05, 4.69) is 9.80 Å². The quantitative estimate of drug-likeness (QED) is 0.897. The Morgan fingerprint density at radius 3 is 2.37 bits per heavy atom. The molecule has 0 radical (unpaired) electrons.